The maximum atomic E-state index is 11.0. The molecule has 2 aromatic rings. The third-order valence-electron chi connectivity index (χ3n) is 3.50. The summed E-state index contributed by atoms with van der Waals surface area (Å²) in [6.07, 6.45) is -0.198. The van der Waals surface area contributed by atoms with Crippen molar-refractivity contribution in [3.05, 3.63) is 48.0 Å². The molecule has 1 atom stereocenters. The number of fused-ring (bicyclic) bond motifs is 1. The highest BCUT2D eigenvalue weighted by Gasteiger charge is 2.33. The summed E-state index contributed by atoms with van der Waals surface area (Å²) in [5, 5.41) is 0. The summed E-state index contributed by atoms with van der Waals surface area (Å²) in [6, 6.07) is 14.9. The van der Waals surface area contributed by atoms with Crippen LogP contribution in [0.25, 0.3) is 11.1 Å². The van der Waals surface area contributed by atoms with E-state index in [4.69, 9.17) is 9.47 Å². The van der Waals surface area contributed by atoms with Crippen LogP contribution in [0.1, 0.15) is 26.3 Å². The average molecular weight is 281 g/mol. The molecule has 21 heavy (non-hydrogen) atoms. The molecule has 0 aromatic heterocycles. The first-order valence-corrected chi connectivity index (χ1v) is 6.94. The first-order chi connectivity index (χ1) is 10.0. The molecule has 2 aromatic carbocycles. The summed E-state index contributed by atoms with van der Waals surface area (Å²) in [7, 11) is 0. The highest BCUT2D eigenvalue weighted by atomic mass is 16.7. The molecule has 0 saturated carbocycles. The predicted molar refractivity (Wildman–Crippen MR) is 80.5 cm³/mol. The van der Waals surface area contributed by atoms with Gasteiger partial charge >= 0.3 is 0 Å². The van der Waals surface area contributed by atoms with Crippen molar-refractivity contribution in [3.63, 3.8) is 0 Å². The molecule has 0 fully saturated rings. The number of rotatable bonds is 2. The molecule has 0 spiro atoms. The van der Waals surface area contributed by atoms with Gasteiger partial charge < -0.3 is 9.47 Å². The molecule has 0 bridgehead atoms. The molecule has 1 aliphatic heterocycles. The predicted octanol–water partition coefficient (Wildman–Crippen LogP) is 3.75. The van der Waals surface area contributed by atoms with Crippen LogP contribution in [0.5, 0.6) is 11.5 Å². The number of hydrogen-bond donors (Lipinski definition) is 0. The van der Waals surface area contributed by atoms with Gasteiger partial charge in [-0.05, 0) is 17.0 Å². The number of ether oxygens (including phenoxy) is 2. The summed E-state index contributed by atoms with van der Waals surface area (Å²) < 4.78 is 11.3. The molecule has 107 valence electrons. The molecule has 3 rings (SSSR count). The monoisotopic (exact) mass is 281 g/mol. The fourth-order valence-electron chi connectivity index (χ4n) is 2.47. The van der Waals surface area contributed by atoms with E-state index < -0.39 is 6.29 Å². The minimum absolute atomic E-state index is 0.0931. The minimum Gasteiger partial charge on any atom is -0.444 e. The fraction of sp³-hybridized carbons (Fsp3) is 0.278. The largest absolute Gasteiger partial charge is 0.444 e. The molecule has 1 radical (unpaired) electrons. The highest BCUT2D eigenvalue weighted by Crippen LogP contribution is 2.48. The van der Waals surface area contributed by atoms with Gasteiger partial charge in [0.15, 0.2) is 11.5 Å². The molecule has 3 nitrogen and oxygen atoms in total. The van der Waals surface area contributed by atoms with Crippen molar-refractivity contribution in [1.29, 1.82) is 0 Å². The van der Waals surface area contributed by atoms with Crippen molar-refractivity contribution in [2.45, 2.75) is 32.5 Å². The third-order valence-corrected chi connectivity index (χ3v) is 3.50. The van der Waals surface area contributed by atoms with Crippen LogP contribution >= 0.6 is 0 Å². The van der Waals surface area contributed by atoms with Crippen LogP contribution < -0.4 is 9.47 Å². The van der Waals surface area contributed by atoms with Crippen LogP contribution in [0.15, 0.2) is 36.4 Å². The number of hydrogen-bond acceptors (Lipinski definition) is 3. The fourth-order valence-corrected chi connectivity index (χ4v) is 2.47. The Kier molecular flexibility index (Phi) is 3.20. The smallest absolute Gasteiger partial charge is 0.298 e. The first kappa shape index (κ1) is 13.7. The van der Waals surface area contributed by atoms with Crippen LogP contribution in [-0.2, 0) is 10.2 Å². The van der Waals surface area contributed by atoms with E-state index in [1.54, 1.807) is 0 Å². The zero-order chi connectivity index (χ0) is 15.0. The Morgan fingerprint density at radius 2 is 1.86 bits per heavy atom. The Hall–Kier alpha value is -2.29. The van der Waals surface area contributed by atoms with Crippen molar-refractivity contribution in [2.24, 2.45) is 0 Å². The summed E-state index contributed by atoms with van der Waals surface area (Å²) in [5.74, 6) is 1.29. The van der Waals surface area contributed by atoms with Crippen LogP contribution in [-0.4, -0.2) is 12.6 Å². The zero-order valence-corrected chi connectivity index (χ0v) is 12.3. The maximum Gasteiger partial charge on any atom is 0.298 e. The number of carbonyl (C=O) groups excluding carboxylic acids is 1. The molecule has 1 aliphatic rings. The lowest BCUT2D eigenvalue weighted by Gasteiger charge is -2.21. The molecule has 0 aliphatic carbocycles. The van der Waals surface area contributed by atoms with Crippen molar-refractivity contribution >= 4 is 6.29 Å². The molecule has 1 heterocycles. The van der Waals surface area contributed by atoms with E-state index in [2.05, 4.69) is 26.8 Å². The van der Waals surface area contributed by atoms with E-state index in [-0.39, 0.29) is 5.41 Å². The summed E-state index contributed by atoms with van der Waals surface area (Å²) in [5.41, 5.74) is 2.75. The Balaban J connectivity index is 2.18. The van der Waals surface area contributed by atoms with E-state index >= 15 is 0 Å². The van der Waals surface area contributed by atoms with Crippen LogP contribution in [0.2, 0.25) is 0 Å². The van der Waals surface area contributed by atoms with Gasteiger partial charge in [-0.25, -0.2) is 0 Å². The lowest BCUT2D eigenvalue weighted by molar-refractivity contribution is -0.121. The van der Waals surface area contributed by atoms with Gasteiger partial charge in [0, 0.05) is 11.1 Å². The van der Waals surface area contributed by atoms with Crippen molar-refractivity contribution in [1.82, 2.24) is 0 Å². The van der Waals surface area contributed by atoms with E-state index in [1.807, 2.05) is 36.4 Å². The summed E-state index contributed by atoms with van der Waals surface area (Å²) >= 11 is 0. The Morgan fingerprint density at radius 1 is 1.10 bits per heavy atom. The van der Waals surface area contributed by atoms with Gasteiger partial charge in [-0.15, -0.1) is 0 Å². The van der Waals surface area contributed by atoms with Gasteiger partial charge in [-0.2, -0.15) is 0 Å². The topological polar surface area (TPSA) is 35.5 Å². The van der Waals surface area contributed by atoms with Crippen LogP contribution in [0.3, 0.4) is 0 Å². The Bertz CT molecular complexity index is 669. The Morgan fingerprint density at radius 3 is 2.48 bits per heavy atom. The second kappa shape index (κ2) is 4.92. The van der Waals surface area contributed by atoms with Gasteiger partial charge in [-0.3, -0.25) is 4.79 Å². The molecule has 0 N–H and O–H groups in total. The lowest BCUT2D eigenvalue weighted by atomic mass is 9.85. The van der Waals surface area contributed by atoms with E-state index in [9.17, 15) is 4.79 Å². The normalized spacial score (nSPS) is 16.8. The minimum atomic E-state index is -0.869. The van der Waals surface area contributed by atoms with Crippen LogP contribution in [0.4, 0.5) is 0 Å². The van der Waals surface area contributed by atoms with Gasteiger partial charge in [0.1, 0.15) is 0 Å². The number of aldehydes is 1. The molecular weight excluding hydrogens is 264 g/mol. The van der Waals surface area contributed by atoms with Crippen molar-refractivity contribution in [3.8, 4) is 22.6 Å². The summed E-state index contributed by atoms with van der Waals surface area (Å²) in [4.78, 5) is 11.0. The van der Waals surface area contributed by atoms with Crippen molar-refractivity contribution in [2.75, 3.05) is 0 Å². The number of carbonyl (C=O) groups is 1. The molecule has 0 saturated heterocycles. The van der Waals surface area contributed by atoms with Gasteiger partial charge in [-0.1, -0.05) is 57.2 Å². The lowest BCUT2D eigenvalue weighted by Crippen LogP contribution is -2.20. The SMILES string of the molecule is CC(C)(C)c1ccc(-c2[c]cccc2)c2c1OC(C=O)O2. The quantitative estimate of drug-likeness (QED) is 0.786. The Labute approximate surface area is 124 Å². The molecule has 1 unspecified atom stereocenters. The van der Waals surface area contributed by atoms with Crippen LogP contribution in [0, 0.1) is 6.07 Å². The molecule has 3 heteroatoms. The van der Waals surface area contributed by atoms with E-state index in [1.165, 1.54) is 0 Å². The second-order valence-corrected chi connectivity index (χ2v) is 6.09. The van der Waals surface area contributed by atoms with Gasteiger partial charge in [0.05, 0.1) is 0 Å². The maximum absolute atomic E-state index is 11.0. The van der Waals surface area contributed by atoms with E-state index in [0.29, 0.717) is 17.8 Å². The standard InChI is InChI=1S/C18H17O3/c1-18(2,3)14-10-9-13(12-7-5-4-6-8-12)16-17(14)21-15(11-19)20-16/h4-7,9-11,15H,1-3H3. The number of benzene rings is 2. The first-order valence-electron chi connectivity index (χ1n) is 6.94. The van der Waals surface area contributed by atoms with Gasteiger partial charge in [0.2, 0.25) is 6.29 Å². The summed E-state index contributed by atoms with van der Waals surface area (Å²) in [6.45, 7) is 6.32. The van der Waals surface area contributed by atoms with Crippen molar-refractivity contribution < 1.29 is 14.3 Å². The van der Waals surface area contributed by atoms with Gasteiger partial charge in [0.25, 0.3) is 6.29 Å². The third kappa shape index (κ3) is 2.40. The second-order valence-electron chi connectivity index (χ2n) is 6.09. The molecule has 0 amide bonds. The zero-order valence-electron chi connectivity index (χ0n) is 12.3. The molecular formula is C18H17O3. The highest BCUT2D eigenvalue weighted by molar-refractivity contribution is 5.77. The average Bonchev–Trinajstić information content (AvgIpc) is 2.90. The van der Waals surface area contributed by atoms with E-state index in [0.717, 1.165) is 16.7 Å².